The van der Waals surface area contributed by atoms with Crippen LogP contribution in [0.1, 0.15) is 60.1 Å². The minimum Gasteiger partial charge on any atom is -0.493 e. The van der Waals surface area contributed by atoms with Gasteiger partial charge in [0.05, 0.1) is 35.4 Å². The predicted octanol–water partition coefficient (Wildman–Crippen LogP) is 4.77. The van der Waals surface area contributed by atoms with Crippen LogP contribution in [0.25, 0.3) is 22.3 Å². The molecule has 10 heteroatoms. The lowest BCUT2D eigenvalue weighted by Gasteiger charge is -2.28. The summed E-state index contributed by atoms with van der Waals surface area (Å²) in [6, 6.07) is 2.99. The van der Waals surface area contributed by atoms with Crippen molar-refractivity contribution in [3.8, 4) is 17.0 Å². The summed E-state index contributed by atoms with van der Waals surface area (Å²) in [5.74, 6) is 0.320. The second-order valence-corrected chi connectivity index (χ2v) is 9.47. The summed E-state index contributed by atoms with van der Waals surface area (Å²) in [5, 5.41) is 13.2. The first-order chi connectivity index (χ1) is 16.7. The molecule has 5 rings (SSSR count). The Kier molecular flexibility index (Phi) is 6.16. The number of aliphatic hydroxyl groups excluding tert-OH is 1. The molecule has 7 nitrogen and oxygen atoms in total. The van der Waals surface area contributed by atoms with Crippen LogP contribution in [0, 0.1) is 12.8 Å². The summed E-state index contributed by atoms with van der Waals surface area (Å²) in [4.78, 5) is 24.8. The highest BCUT2D eigenvalue weighted by atomic mass is 19.4. The van der Waals surface area contributed by atoms with Gasteiger partial charge >= 0.3 is 6.18 Å². The number of aromatic nitrogens is 3. The maximum atomic E-state index is 13.5. The molecule has 0 bridgehead atoms. The number of nitrogens with zero attached hydrogens (tertiary/aromatic N) is 2. The van der Waals surface area contributed by atoms with E-state index in [4.69, 9.17) is 4.74 Å². The molecule has 2 aliphatic carbocycles. The SMILES string of the molecule is Cc1[nH]c2c(-c3cc(C(F)(F)F)ccc3OCC3CC3)ncnc2c1C(=O)N[C@H]1CCCC[C@@H]1O. The number of benzene rings is 1. The molecule has 2 aliphatic rings. The molecule has 1 amide bonds. The number of alkyl halides is 3. The predicted molar refractivity (Wildman–Crippen MR) is 123 cm³/mol. The van der Waals surface area contributed by atoms with Gasteiger partial charge in [0.25, 0.3) is 5.91 Å². The van der Waals surface area contributed by atoms with Crippen molar-refractivity contribution in [2.75, 3.05) is 6.61 Å². The van der Waals surface area contributed by atoms with Crippen molar-refractivity contribution in [3.63, 3.8) is 0 Å². The van der Waals surface area contributed by atoms with Gasteiger partial charge in [0, 0.05) is 11.3 Å². The van der Waals surface area contributed by atoms with Gasteiger partial charge in [-0.15, -0.1) is 0 Å². The van der Waals surface area contributed by atoms with E-state index in [2.05, 4.69) is 20.3 Å². The van der Waals surface area contributed by atoms with Gasteiger partial charge in [-0.05, 0) is 56.7 Å². The number of hydrogen-bond donors (Lipinski definition) is 3. The molecular weight excluding hydrogens is 461 g/mol. The van der Waals surface area contributed by atoms with Crippen molar-refractivity contribution in [2.24, 2.45) is 5.92 Å². The summed E-state index contributed by atoms with van der Waals surface area (Å²) in [6.45, 7) is 2.13. The fourth-order valence-electron chi connectivity index (χ4n) is 4.63. The Morgan fingerprint density at radius 1 is 1.20 bits per heavy atom. The molecule has 0 unspecified atom stereocenters. The number of rotatable bonds is 6. The molecule has 2 atom stereocenters. The number of aromatic amines is 1. The van der Waals surface area contributed by atoms with E-state index in [-0.39, 0.29) is 22.9 Å². The van der Waals surface area contributed by atoms with E-state index in [9.17, 15) is 23.1 Å². The number of carbonyl (C=O) groups excluding carboxylic acids is 1. The van der Waals surface area contributed by atoms with E-state index >= 15 is 0 Å². The minimum absolute atomic E-state index is 0.184. The number of H-pyrrole nitrogens is 1. The number of aryl methyl sites for hydroxylation is 1. The first-order valence-electron chi connectivity index (χ1n) is 11.9. The van der Waals surface area contributed by atoms with Crippen LogP contribution in [-0.2, 0) is 6.18 Å². The van der Waals surface area contributed by atoms with Crippen LogP contribution in [0.5, 0.6) is 5.75 Å². The maximum Gasteiger partial charge on any atom is 0.416 e. The fraction of sp³-hybridized carbons (Fsp3) is 0.480. The molecule has 186 valence electrons. The van der Waals surface area contributed by atoms with Crippen molar-refractivity contribution in [1.29, 1.82) is 0 Å². The van der Waals surface area contributed by atoms with Crippen LogP contribution >= 0.6 is 0 Å². The number of nitrogens with one attached hydrogen (secondary N) is 2. The standard InChI is InChI=1S/C25H27F3N4O3/c1-13-20(24(34)32-17-4-2-3-5-18(17)33)22-23(31-13)21(29-12-30-22)16-10-15(25(26,27)28)8-9-19(16)35-11-14-6-7-14/h8-10,12,14,17-18,31,33H,2-7,11H2,1H3,(H,32,34)/t17-,18-/m0/s1. The zero-order valence-corrected chi connectivity index (χ0v) is 19.3. The number of ether oxygens (including phenoxy) is 1. The molecule has 0 saturated heterocycles. The summed E-state index contributed by atoms with van der Waals surface area (Å²) < 4.78 is 46.5. The summed E-state index contributed by atoms with van der Waals surface area (Å²) in [7, 11) is 0. The van der Waals surface area contributed by atoms with Gasteiger partial charge in [-0.3, -0.25) is 4.79 Å². The number of fused-ring (bicyclic) bond motifs is 1. The molecule has 2 aromatic heterocycles. The Hall–Kier alpha value is -3.14. The maximum absolute atomic E-state index is 13.5. The second kappa shape index (κ2) is 9.14. The van der Waals surface area contributed by atoms with Crippen LogP contribution in [0.15, 0.2) is 24.5 Å². The monoisotopic (exact) mass is 488 g/mol. The molecule has 2 saturated carbocycles. The van der Waals surface area contributed by atoms with E-state index in [1.54, 1.807) is 6.92 Å². The van der Waals surface area contributed by atoms with Gasteiger partial charge in [-0.25, -0.2) is 9.97 Å². The highest BCUT2D eigenvalue weighted by Crippen LogP contribution is 2.40. The highest BCUT2D eigenvalue weighted by Gasteiger charge is 2.33. The molecule has 0 aliphatic heterocycles. The number of carbonyl (C=O) groups is 1. The Morgan fingerprint density at radius 2 is 1.97 bits per heavy atom. The van der Waals surface area contributed by atoms with Crippen LogP contribution in [0.3, 0.4) is 0 Å². The smallest absolute Gasteiger partial charge is 0.416 e. The van der Waals surface area contributed by atoms with Crippen LogP contribution < -0.4 is 10.1 Å². The Bertz CT molecular complexity index is 1250. The lowest BCUT2D eigenvalue weighted by molar-refractivity contribution is -0.137. The average molecular weight is 489 g/mol. The third-order valence-electron chi connectivity index (χ3n) is 6.78. The second-order valence-electron chi connectivity index (χ2n) is 9.47. The van der Waals surface area contributed by atoms with Gasteiger partial charge in [-0.1, -0.05) is 12.8 Å². The number of aliphatic hydroxyl groups is 1. The largest absolute Gasteiger partial charge is 0.493 e. The van der Waals surface area contributed by atoms with E-state index in [0.717, 1.165) is 37.8 Å². The number of hydrogen-bond acceptors (Lipinski definition) is 5. The molecule has 3 aromatic rings. The van der Waals surface area contributed by atoms with E-state index in [1.165, 1.54) is 12.4 Å². The molecule has 0 spiro atoms. The highest BCUT2D eigenvalue weighted by molar-refractivity contribution is 6.09. The van der Waals surface area contributed by atoms with E-state index in [0.29, 0.717) is 47.8 Å². The van der Waals surface area contributed by atoms with Crippen LogP contribution in [-0.4, -0.2) is 44.7 Å². The van der Waals surface area contributed by atoms with E-state index in [1.807, 2.05) is 0 Å². The van der Waals surface area contributed by atoms with Crippen molar-refractivity contribution in [1.82, 2.24) is 20.3 Å². The third-order valence-corrected chi connectivity index (χ3v) is 6.78. The van der Waals surface area contributed by atoms with E-state index < -0.39 is 23.8 Å². The van der Waals surface area contributed by atoms with Gasteiger partial charge in [-0.2, -0.15) is 13.2 Å². The minimum atomic E-state index is -4.53. The van der Waals surface area contributed by atoms with Crippen LogP contribution in [0.2, 0.25) is 0 Å². The van der Waals surface area contributed by atoms with Crippen molar-refractivity contribution >= 4 is 16.9 Å². The Labute approximate surface area is 200 Å². The topological polar surface area (TPSA) is 100 Å². The zero-order chi connectivity index (χ0) is 24.7. The quantitative estimate of drug-likeness (QED) is 0.464. The average Bonchev–Trinajstić information content (AvgIpc) is 3.58. The third kappa shape index (κ3) is 4.84. The lowest BCUT2D eigenvalue weighted by Crippen LogP contribution is -2.45. The van der Waals surface area contributed by atoms with Gasteiger partial charge < -0.3 is 20.1 Å². The summed E-state index contributed by atoms with van der Waals surface area (Å²) in [6.07, 6.45) is 1.31. The molecular formula is C25H27F3N4O3. The molecule has 35 heavy (non-hydrogen) atoms. The first-order valence-corrected chi connectivity index (χ1v) is 11.9. The fourth-order valence-corrected chi connectivity index (χ4v) is 4.63. The molecule has 2 heterocycles. The molecule has 3 N–H and O–H groups in total. The van der Waals surface area contributed by atoms with Crippen molar-refractivity contribution in [2.45, 2.75) is 63.8 Å². The van der Waals surface area contributed by atoms with Gasteiger partial charge in [0.1, 0.15) is 23.3 Å². The van der Waals surface area contributed by atoms with Crippen molar-refractivity contribution in [3.05, 3.63) is 41.3 Å². The molecule has 2 fully saturated rings. The lowest BCUT2D eigenvalue weighted by atomic mass is 9.92. The van der Waals surface area contributed by atoms with Crippen LogP contribution in [0.4, 0.5) is 13.2 Å². The molecule has 0 radical (unpaired) electrons. The molecule has 1 aromatic carbocycles. The number of halogens is 3. The summed E-state index contributed by atoms with van der Waals surface area (Å²) in [5.41, 5.74) is 1.06. The first kappa shape index (κ1) is 23.6. The summed E-state index contributed by atoms with van der Waals surface area (Å²) >= 11 is 0. The van der Waals surface area contributed by atoms with Gasteiger partial charge in [0.15, 0.2) is 0 Å². The number of amides is 1. The normalized spacial score (nSPS) is 20.7. The zero-order valence-electron chi connectivity index (χ0n) is 19.3. The Morgan fingerprint density at radius 3 is 2.69 bits per heavy atom. The Balaban J connectivity index is 1.55. The van der Waals surface area contributed by atoms with Gasteiger partial charge in [0.2, 0.25) is 0 Å². The van der Waals surface area contributed by atoms with Crippen molar-refractivity contribution < 1.29 is 27.8 Å².